The molecule has 0 spiro atoms. The van der Waals surface area contributed by atoms with Crippen molar-refractivity contribution in [3.8, 4) is 11.4 Å². The highest BCUT2D eigenvalue weighted by atomic mass is 35.5. The molecule has 1 aliphatic rings. The van der Waals surface area contributed by atoms with Crippen LogP contribution >= 0.6 is 11.6 Å². The molecule has 0 saturated carbocycles. The minimum atomic E-state index is -0.397. The van der Waals surface area contributed by atoms with Gasteiger partial charge in [0.05, 0.1) is 11.5 Å². The van der Waals surface area contributed by atoms with Crippen molar-refractivity contribution in [3.63, 3.8) is 0 Å². The highest BCUT2D eigenvalue weighted by molar-refractivity contribution is 6.30. The van der Waals surface area contributed by atoms with Gasteiger partial charge in [-0.2, -0.15) is 4.98 Å². The van der Waals surface area contributed by atoms with Gasteiger partial charge in [-0.15, -0.1) is 0 Å². The van der Waals surface area contributed by atoms with E-state index in [0.29, 0.717) is 55.3 Å². The Labute approximate surface area is 165 Å². The van der Waals surface area contributed by atoms with E-state index in [2.05, 4.69) is 20.0 Å². The van der Waals surface area contributed by atoms with Gasteiger partial charge in [-0.25, -0.2) is 4.98 Å². The number of halogens is 1. The molecule has 1 saturated heterocycles. The standard InChI is InChI=1S/C18H17ClN6O3/c19-14-5-3-13(4-6-14)17-21-16(28-22-17)12-23-8-10-24(11-9-23)18-15(25(26)27)2-1-7-20-18/h1-7H,8-12H2. The molecule has 2 aromatic heterocycles. The Hall–Kier alpha value is -3.04. The molecule has 10 heteroatoms. The first-order valence-electron chi connectivity index (χ1n) is 8.75. The molecule has 0 aliphatic carbocycles. The number of piperazine rings is 1. The van der Waals surface area contributed by atoms with Crippen LogP contribution in [0, 0.1) is 10.1 Å². The summed E-state index contributed by atoms with van der Waals surface area (Å²) in [6, 6.07) is 10.3. The maximum atomic E-state index is 11.2. The number of hydrogen-bond donors (Lipinski definition) is 0. The van der Waals surface area contributed by atoms with Crippen molar-refractivity contribution in [3.05, 3.63) is 63.6 Å². The number of benzene rings is 1. The van der Waals surface area contributed by atoms with Crippen LogP contribution in [-0.2, 0) is 6.54 Å². The maximum Gasteiger partial charge on any atom is 0.311 e. The van der Waals surface area contributed by atoms with Crippen LogP contribution in [0.1, 0.15) is 5.89 Å². The Balaban J connectivity index is 1.38. The predicted octanol–water partition coefficient (Wildman–Crippen LogP) is 3.02. The maximum absolute atomic E-state index is 11.2. The van der Waals surface area contributed by atoms with Crippen molar-refractivity contribution < 1.29 is 9.45 Å². The van der Waals surface area contributed by atoms with E-state index in [1.165, 1.54) is 6.07 Å². The number of nitro groups is 1. The van der Waals surface area contributed by atoms with Crippen LogP contribution in [0.2, 0.25) is 5.02 Å². The first-order valence-corrected chi connectivity index (χ1v) is 9.13. The van der Waals surface area contributed by atoms with E-state index >= 15 is 0 Å². The third-order valence-electron chi connectivity index (χ3n) is 4.56. The molecule has 3 aromatic rings. The fraction of sp³-hybridized carbons (Fsp3) is 0.278. The van der Waals surface area contributed by atoms with Gasteiger partial charge in [0.15, 0.2) is 0 Å². The SMILES string of the molecule is O=[N+]([O-])c1cccnc1N1CCN(Cc2nc(-c3ccc(Cl)cc3)no2)CC1. The van der Waals surface area contributed by atoms with Crippen molar-refractivity contribution in [1.29, 1.82) is 0 Å². The minimum absolute atomic E-state index is 0.0282. The average Bonchev–Trinajstić information content (AvgIpc) is 3.17. The molecule has 0 radical (unpaired) electrons. The van der Waals surface area contributed by atoms with E-state index in [1.54, 1.807) is 24.4 Å². The van der Waals surface area contributed by atoms with E-state index in [9.17, 15) is 10.1 Å². The topological polar surface area (TPSA) is 101 Å². The summed E-state index contributed by atoms with van der Waals surface area (Å²) in [5.74, 6) is 1.46. The molecular formula is C18H17ClN6O3. The summed E-state index contributed by atoms with van der Waals surface area (Å²) in [5.41, 5.74) is 0.868. The van der Waals surface area contributed by atoms with Crippen LogP contribution in [0.3, 0.4) is 0 Å². The van der Waals surface area contributed by atoms with Gasteiger partial charge in [0, 0.05) is 49.0 Å². The van der Waals surface area contributed by atoms with E-state index in [4.69, 9.17) is 16.1 Å². The molecule has 0 unspecified atom stereocenters. The lowest BCUT2D eigenvalue weighted by Crippen LogP contribution is -2.46. The van der Waals surface area contributed by atoms with Gasteiger partial charge in [0.2, 0.25) is 17.5 Å². The Morgan fingerprint density at radius 2 is 1.89 bits per heavy atom. The summed E-state index contributed by atoms with van der Waals surface area (Å²) >= 11 is 5.90. The summed E-state index contributed by atoms with van der Waals surface area (Å²) in [4.78, 5) is 23.5. The zero-order chi connectivity index (χ0) is 19.5. The molecular weight excluding hydrogens is 384 g/mol. The smallest absolute Gasteiger partial charge is 0.311 e. The fourth-order valence-electron chi connectivity index (χ4n) is 3.12. The first kappa shape index (κ1) is 18.3. The summed E-state index contributed by atoms with van der Waals surface area (Å²) in [7, 11) is 0. The Morgan fingerprint density at radius 3 is 2.61 bits per heavy atom. The summed E-state index contributed by atoms with van der Waals surface area (Å²) in [6.45, 7) is 3.23. The van der Waals surface area contributed by atoms with Gasteiger partial charge in [-0.05, 0) is 30.3 Å². The molecule has 0 amide bonds. The molecule has 9 nitrogen and oxygen atoms in total. The number of hydrogen-bond acceptors (Lipinski definition) is 8. The zero-order valence-electron chi connectivity index (χ0n) is 14.9. The highest BCUT2D eigenvalue weighted by Crippen LogP contribution is 2.26. The molecule has 1 aliphatic heterocycles. The van der Waals surface area contributed by atoms with Crippen molar-refractivity contribution >= 4 is 23.1 Å². The second-order valence-electron chi connectivity index (χ2n) is 6.39. The van der Waals surface area contributed by atoms with Crippen molar-refractivity contribution in [2.45, 2.75) is 6.54 Å². The molecule has 0 bridgehead atoms. The van der Waals surface area contributed by atoms with Crippen LogP contribution in [-0.4, -0.2) is 51.1 Å². The Bertz CT molecular complexity index is 969. The molecule has 0 atom stereocenters. The molecule has 144 valence electrons. The quantitative estimate of drug-likeness (QED) is 0.475. The molecule has 28 heavy (non-hydrogen) atoms. The van der Waals surface area contributed by atoms with E-state index < -0.39 is 4.92 Å². The minimum Gasteiger partial charge on any atom is -0.348 e. The van der Waals surface area contributed by atoms with Gasteiger partial charge in [-0.1, -0.05) is 16.8 Å². The molecule has 1 aromatic carbocycles. The number of anilines is 1. The monoisotopic (exact) mass is 400 g/mol. The summed E-state index contributed by atoms with van der Waals surface area (Å²) < 4.78 is 5.36. The van der Waals surface area contributed by atoms with Gasteiger partial charge in [0.25, 0.3) is 0 Å². The number of aromatic nitrogens is 3. The second-order valence-corrected chi connectivity index (χ2v) is 6.82. The third-order valence-corrected chi connectivity index (χ3v) is 4.82. The van der Waals surface area contributed by atoms with Gasteiger partial charge >= 0.3 is 5.69 Å². The van der Waals surface area contributed by atoms with Gasteiger partial charge in [0.1, 0.15) is 0 Å². The van der Waals surface area contributed by atoms with E-state index in [1.807, 2.05) is 17.0 Å². The van der Waals surface area contributed by atoms with E-state index in [-0.39, 0.29) is 5.69 Å². The highest BCUT2D eigenvalue weighted by Gasteiger charge is 2.25. The first-order chi connectivity index (χ1) is 13.6. The normalized spacial score (nSPS) is 15.0. The lowest BCUT2D eigenvalue weighted by Gasteiger charge is -2.34. The van der Waals surface area contributed by atoms with E-state index in [0.717, 1.165) is 5.56 Å². The Kier molecular flexibility index (Phi) is 5.18. The van der Waals surface area contributed by atoms with Gasteiger partial charge in [-0.3, -0.25) is 15.0 Å². The fourth-order valence-corrected chi connectivity index (χ4v) is 3.25. The van der Waals surface area contributed by atoms with Crippen LogP contribution in [0.25, 0.3) is 11.4 Å². The van der Waals surface area contributed by atoms with Crippen LogP contribution in [0.5, 0.6) is 0 Å². The number of pyridine rings is 1. The molecule has 4 rings (SSSR count). The summed E-state index contributed by atoms with van der Waals surface area (Å²) in [6.07, 6.45) is 1.57. The molecule has 0 N–H and O–H groups in total. The van der Waals surface area contributed by atoms with Gasteiger partial charge < -0.3 is 9.42 Å². The van der Waals surface area contributed by atoms with Crippen LogP contribution < -0.4 is 4.90 Å². The lowest BCUT2D eigenvalue weighted by molar-refractivity contribution is -0.384. The summed E-state index contributed by atoms with van der Waals surface area (Å²) in [5, 5.41) is 15.9. The molecule has 1 fully saturated rings. The third kappa shape index (κ3) is 3.95. The van der Waals surface area contributed by atoms with Crippen molar-refractivity contribution in [2.24, 2.45) is 0 Å². The van der Waals surface area contributed by atoms with Crippen LogP contribution in [0.15, 0.2) is 47.1 Å². The number of rotatable bonds is 5. The average molecular weight is 401 g/mol. The number of nitrogens with zero attached hydrogens (tertiary/aromatic N) is 6. The van der Waals surface area contributed by atoms with Crippen molar-refractivity contribution in [1.82, 2.24) is 20.0 Å². The lowest BCUT2D eigenvalue weighted by atomic mass is 10.2. The zero-order valence-corrected chi connectivity index (χ0v) is 15.6. The second kappa shape index (κ2) is 7.91. The molecule has 3 heterocycles. The largest absolute Gasteiger partial charge is 0.348 e. The Morgan fingerprint density at radius 1 is 1.14 bits per heavy atom. The predicted molar refractivity (Wildman–Crippen MR) is 103 cm³/mol. The van der Waals surface area contributed by atoms with Crippen LogP contribution in [0.4, 0.5) is 11.5 Å². The van der Waals surface area contributed by atoms with Crippen molar-refractivity contribution in [2.75, 3.05) is 31.1 Å².